The summed E-state index contributed by atoms with van der Waals surface area (Å²) in [7, 11) is 0. The zero-order valence-corrected chi connectivity index (χ0v) is 10.4. The van der Waals surface area contributed by atoms with Gasteiger partial charge < -0.3 is 0 Å². The minimum absolute atomic E-state index is 0.0947. The van der Waals surface area contributed by atoms with Gasteiger partial charge in [-0.3, -0.25) is 4.90 Å². The second-order valence-electron chi connectivity index (χ2n) is 4.20. The highest BCUT2D eigenvalue weighted by Crippen LogP contribution is 2.25. The van der Waals surface area contributed by atoms with Crippen molar-refractivity contribution >= 4 is 15.9 Å². The van der Waals surface area contributed by atoms with Crippen LogP contribution in [0.5, 0.6) is 0 Å². The fourth-order valence-corrected chi connectivity index (χ4v) is 3.01. The Morgan fingerprint density at radius 2 is 2.20 bits per heavy atom. The van der Waals surface area contributed by atoms with Gasteiger partial charge in [0.1, 0.15) is 5.82 Å². The lowest BCUT2D eigenvalue weighted by Crippen LogP contribution is -2.27. The first-order valence-electron chi connectivity index (χ1n) is 5.28. The molecule has 0 N–H and O–H groups in total. The molecule has 0 spiro atoms. The van der Waals surface area contributed by atoms with Crippen molar-refractivity contribution < 1.29 is 4.39 Å². The number of halogens is 2. The summed E-state index contributed by atoms with van der Waals surface area (Å²) in [6, 6.07) is 7.56. The molecule has 1 aromatic rings. The summed E-state index contributed by atoms with van der Waals surface area (Å²) in [6.45, 7) is 3.92. The van der Waals surface area contributed by atoms with Crippen molar-refractivity contribution in [1.29, 1.82) is 0 Å². The molecular formula is C12H15BrFN. The molecule has 1 aromatic carbocycles. The van der Waals surface area contributed by atoms with E-state index < -0.39 is 0 Å². The van der Waals surface area contributed by atoms with Gasteiger partial charge >= 0.3 is 0 Å². The molecule has 0 aromatic heterocycles. The second-order valence-corrected chi connectivity index (χ2v) is 5.50. The fraction of sp³-hybridized carbons (Fsp3) is 0.500. The van der Waals surface area contributed by atoms with Gasteiger partial charge in [0.15, 0.2) is 0 Å². The Bertz CT molecular complexity index is 342. The maximum Gasteiger partial charge on any atom is 0.127 e. The minimum Gasteiger partial charge on any atom is -0.295 e. The van der Waals surface area contributed by atoms with E-state index in [1.807, 2.05) is 12.1 Å². The molecule has 1 fully saturated rings. The number of nitrogens with zero attached hydrogens (tertiary/aromatic N) is 1. The van der Waals surface area contributed by atoms with E-state index in [9.17, 15) is 4.39 Å². The van der Waals surface area contributed by atoms with Crippen LogP contribution in [0.3, 0.4) is 0 Å². The van der Waals surface area contributed by atoms with E-state index in [1.54, 1.807) is 6.07 Å². The van der Waals surface area contributed by atoms with E-state index in [0.29, 0.717) is 10.9 Å². The zero-order valence-electron chi connectivity index (χ0n) is 8.79. The highest BCUT2D eigenvalue weighted by atomic mass is 79.9. The molecule has 1 nitrogen and oxygen atoms in total. The molecule has 1 heterocycles. The minimum atomic E-state index is -0.0947. The predicted molar refractivity (Wildman–Crippen MR) is 63.6 cm³/mol. The van der Waals surface area contributed by atoms with Gasteiger partial charge in [0.25, 0.3) is 0 Å². The van der Waals surface area contributed by atoms with Gasteiger partial charge in [-0.2, -0.15) is 0 Å². The molecule has 82 valence electrons. The maximum absolute atomic E-state index is 13.4. The molecule has 0 amide bonds. The van der Waals surface area contributed by atoms with Crippen molar-refractivity contribution in [2.75, 3.05) is 6.54 Å². The van der Waals surface area contributed by atoms with Crippen LogP contribution in [0.25, 0.3) is 0 Å². The molecular weight excluding hydrogens is 257 g/mol. The van der Waals surface area contributed by atoms with Gasteiger partial charge in [-0.1, -0.05) is 34.1 Å². The van der Waals surface area contributed by atoms with Crippen LogP contribution < -0.4 is 0 Å². The SMILES string of the molecule is CC1CC(Br)CN1Cc1ccccc1F. The molecule has 0 aliphatic carbocycles. The summed E-state index contributed by atoms with van der Waals surface area (Å²) in [5, 5.41) is 0. The summed E-state index contributed by atoms with van der Waals surface area (Å²) in [4.78, 5) is 2.87. The Morgan fingerprint density at radius 1 is 1.47 bits per heavy atom. The summed E-state index contributed by atoms with van der Waals surface area (Å²) < 4.78 is 13.4. The molecule has 2 rings (SSSR count). The van der Waals surface area contributed by atoms with Crippen LogP contribution in [0, 0.1) is 5.82 Å². The number of hydrogen-bond acceptors (Lipinski definition) is 1. The van der Waals surface area contributed by atoms with Crippen LogP contribution in [0.2, 0.25) is 0 Å². The highest BCUT2D eigenvalue weighted by molar-refractivity contribution is 9.09. The maximum atomic E-state index is 13.4. The average molecular weight is 272 g/mol. The standard InChI is InChI=1S/C12H15BrFN/c1-9-6-11(13)8-15(9)7-10-4-2-3-5-12(10)14/h2-5,9,11H,6-8H2,1H3. The van der Waals surface area contributed by atoms with Crippen molar-refractivity contribution in [2.45, 2.75) is 30.8 Å². The number of hydrogen-bond donors (Lipinski definition) is 0. The summed E-state index contributed by atoms with van der Waals surface area (Å²) in [5.74, 6) is -0.0947. The first-order valence-corrected chi connectivity index (χ1v) is 6.20. The Morgan fingerprint density at radius 3 is 2.80 bits per heavy atom. The Kier molecular flexibility index (Phi) is 3.42. The topological polar surface area (TPSA) is 3.24 Å². The largest absolute Gasteiger partial charge is 0.295 e. The van der Waals surface area contributed by atoms with E-state index in [0.717, 1.165) is 25.1 Å². The molecule has 1 aliphatic heterocycles. The van der Waals surface area contributed by atoms with Crippen molar-refractivity contribution in [3.63, 3.8) is 0 Å². The smallest absolute Gasteiger partial charge is 0.127 e. The van der Waals surface area contributed by atoms with Gasteiger partial charge in [0.2, 0.25) is 0 Å². The fourth-order valence-electron chi connectivity index (χ4n) is 2.09. The van der Waals surface area contributed by atoms with Crippen LogP contribution >= 0.6 is 15.9 Å². The molecule has 2 unspecified atom stereocenters. The predicted octanol–water partition coefficient (Wildman–Crippen LogP) is 3.18. The molecule has 1 aliphatic rings. The number of alkyl halides is 1. The van der Waals surface area contributed by atoms with E-state index in [4.69, 9.17) is 0 Å². The van der Waals surface area contributed by atoms with Crippen LogP contribution in [0.1, 0.15) is 18.9 Å². The van der Waals surface area contributed by atoms with Crippen molar-refractivity contribution in [3.05, 3.63) is 35.6 Å². The lowest BCUT2D eigenvalue weighted by molar-refractivity contribution is 0.257. The van der Waals surface area contributed by atoms with E-state index >= 15 is 0 Å². The van der Waals surface area contributed by atoms with E-state index in [1.165, 1.54) is 6.07 Å². The van der Waals surface area contributed by atoms with Crippen molar-refractivity contribution in [2.24, 2.45) is 0 Å². The Balaban J connectivity index is 2.06. The van der Waals surface area contributed by atoms with Crippen molar-refractivity contribution in [3.8, 4) is 0 Å². The summed E-state index contributed by atoms with van der Waals surface area (Å²) >= 11 is 3.62. The zero-order chi connectivity index (χ0) is 10.8. The van der Waals surface area contributed by atoms with Gasteiger partial charge in [0.05, 0.1) is 0 Å². The molecule has 15 heavy (non-hydrogen) atoms. The van der Waals surface area contributed by atoms with Gasteiger partial charge in [-0.25, -0.2) is 4.39 Å². The van der Waals surface area contributed by atoms with Crippen LogP contribution in [-0.2, 0) is 6.54 Å². The lowest BCUT2D eigenvalue weighted by Gasteiger charge is -2.20. The quantitative estimate of drug-likeness (QED) is 0.747. The monoisotopic (exact) mass is 271 g/mol. The molecule has 0 bridgehead atoms. The van der Waals surface area contributed by atoms with E-state index in [2.05, 4.69) is 27.8 Å². The Hall–Kier alpha value is -0.410. The molecule has 1 saturated heterocycles. The number of rotatable bonds is 2. The first-order chi connectivity index (χ1) is 7.16. The summed E-state index contributed by atoms with van der Waals surface area (Å²) in [6.07, 6.45) is 1.15. The Labute approximate surface area is 98.4 Å². The van der Waals surface area contributed by atoms with Crippen molar-refractivity contribution in [1.82, 2.24) is 4.90 Å². The van der Waals surface area contributed by atoms with Crippen LogP contribution in [0.15, 0.2) is 24.3 Å². The van der Waals surface area contributed by atoms with Gasteiger partial charge in [-0.05, 0) is 19.4 Å². The second kappa shape index (κ2) is 4.62. The third-order valence-electron chi connectivity index (χ3n) is 2.98. The molecule has 0 saturated carbocycles. The average Bonchev–Trinajstić information content (AvgIpc) is 2.49. The van der Waals surface area contributed by atoms with Crippen LogP contribution in [-0.4, -0.2) is 22.3 Å². The highest BCUT2D eigenvalue weighted by Gasteiger charge is 2.27. The van der Waals surface area contributed by atoms with Crippen LogP contribution in [0.4, 0.5) is 4.39 Å². The first kappa shape index (κ1) is 11.1. The van der Waals surface area contributed by atoms with E-state index in [-0.39, 0.29) is 5.82 Å². The molecule has 2 atom stereocenters. The number of benzene rings is 1. The molecule has 0 radical (unpaired) electrons. The third kappa shape index (κ3) is 2.58. The number of likely N-dealkylation sites (tertiary alicyclic amines) is 1. The third-order valence-corrected chi connectivity index (χ3v) is 3.65. The lowest BCUT2D eigenvalue weighted by atomic mass is 10.2. The molecule has 3 heteroatoms. The van der Waals surface area contributed by atoms with Gasteiger partial charge in [-0.15, -0.1) is 0 Å². The normalized spacial score (nSPS) is 27.1. The summed E-state index contributed by atoms with van der Waals surface area (Å²) in [5.41, 5.74) is 0.797. The van der Waals surface area contributed by atoms with Gasteiger partial charge in [0, 0.05) is 29.5 Å².